The van der Waals surface area contributed by atoms with Crippen molar-refractivity contribution in [1.82, 2.24) is 10.2 Å². The molecule has 1 aliphatic rings. The lowest BCUT2D eigenvalue weighted by Crippen LogP contribution is -2.41. The van der Waals surface area contributed by atoms with Crippen molar-refractivity contribution in [1.29, 1.82) is 0 Å². The fraction of sp³-hybridized carbons (Fsp3) is 0.500. The molecule has 2 aromatic carbocycles. The van der Waals surface area contributed by atoms with Crippen molar-refractivity contribution in [2.45, 2.75) is 59.1 Å². The molecule has 0 aromatic heterocycles. The van der Waals surface area contributed by atoms with Gasteiger partial charge in [0.15, 0.2) is 6.10 Å². The van der Waals surface area contributed by atoms with Gasteiger partial charge in [0, 0.05) is 26.6 Å². The molecule has 0 aliphatic carbocycles. The van der Waals surface area contributed by atoms with E-state index in [1.54, 1.807) is 7.11 Å². The molecule has 0 bridgehead atoms. The third-order valence-corrected chi connectivity index (χ3v) is 6.19. The van der Waals surface area contributed by atoms with Crippen LogP contribution in [0, 0.1) is 12.8 Å². The number of amides is 2. The van der Waals surface area contributed by atoms with Crippen molar-refractivity contribution in [3.05, 3.63) is 64.7 Å². The minimum Gasteiger partial charge on any atom is -0.481 e. The van der Waals surface area contributed by atoms with Gasteiger partial charge in [0.2, 0.25) is 5.91 Å². The highest BCUT2D eigenvalue weighted by Crippen LogP contribution is 2.38. The summed E-state index contributed by atoms with van der Waals surface area (Å²) in [6, 6.07) is 14.2. The number of hydrogen-bond acceptors (Lipinski definition) is 4. The molecule has 1 aliphatic heterocycles. The van der Waals surface area contributed by atoms with Gasteiger partial charge >= 0.3 is 0 Å². The summed E-state index contributed by atoms with van der Waals surface area (Å²) in [6.07, 6.45) is 1.29. The summed E-state index contributed by atoms with van der Waals surface area (Å²) >= 11 is 0. The van der Waals surface area contributed by atoms with Crippen molar-refractivity contribution in [3.8, 4) is 5.75 Å². The monoisotopic (exact) mass is 466 g/mol. The average molecular weight is 467 g/mol. The van der Waals surface area contributed by atoms with Crippen LogP contribution in [0.4, 0.5) is 0 Å². The molecule has 1 N–H and O–H groups in total. The number of carbonyl (C=O) groups is 2. The molecule has 0 unspecified atom stereocenters. The predicted octanol–water partition coefficient (Wildman–Crippen LogP) is 4.44. The number of benzene rings is 2. The number of methoxy groups -OCH3 is 1. The van der Waals surface area contributed by atoms with E-state index < -0.39 is 6.10 Å². The highest BCUT2D eigenvalue weighted by atomic mass is 16.5. The maximum atomic E-state index is 13.2. The molecule has 6 nitrogen and oxygen atoms in total. The molecule has 2 amide bonds. The lowest BCUT2D eigenvalue weighted by Gasteiger charge is -2.38. The maximum absolute atomic E-state index is 13.2. The highest BCUT2D eigenvalue weighted by molar-refractivity contribution is 5.81. The van der Waals surface area contributed by atoms with E-state index in [2.05, 4.69) is 56.4 Å². The Kier molecular flexibility index (Phi) is 9.11. The standard InChI is InChI=1S/C28H38N2O4/c1-6-25(28(32)29-14-16-33-5)34-23-12-11-21-13-15-30(26(31)17-19(2)3)27(24(21)18-23)22-9-7-20(4)8-10-22/h7-12,18-19,25,27H,6,13-17H2,1-5H3,(H,29,32)/t25-,27-/m0/s1. The molecule has 0 fully saturated rings. The van der Waals surface area contributed by atoms with E-state index in [9.17, 15) is 9.59 Å². The Morgan fingerprint density at radius 3 is 2.53 bits per heavy atom. The first kappa shape index (κ1) is 25.8. The van der Waals surface area contributed by atoms with Gasteiger partial charge in [0.05, 0.1) is 12.6 Å². The van der Waals surface area contributed by atoms with Crippen LogP contribution in [0.3, 0.4) is 0 Å². The zero-order chi connectivity index (χ0) is 24.7. The number of nitrogens with one attached hydrogen (secondary N) is 1. The molecule has 2 aromatic rings. The number of rotatable bonds is 10. The number of ether oxygens (including phenoxy) is 2. The average Bonchev–Trinajstić information content (AvgIpc) is 2.82. The molecular formula is C28H38N2O4. The van der Waals surface area contributed by atoms with Crippen LogP contribution in [0.1, 0.15) is 61.9 Å². The summed E-state index contributed by atoms with van der Waals surface area (Å²) in [7, 11) is 1.60. The minimum absolute atomic E-state index is 0.152. The molecule has 2 atom stereocenters. The molecule has 3 rings (SSSR count). The van der Waals surface area contributed by atoms with E-state index in [4.69, 9.17) is 9.47 Å². The van der Waals surface area contributed by atoms with E-state index in [1.165, 1.54) is 11.1 Å². The fourth-order valence-electron chi connectivity index (χ4n) is 4.39. The fourth-order valence-corrected chi connectivity index (χ4v) is 4.39. The molecule has 0 spiro atoms. The lowest BCUT2D eigenvalue weighted by atomic mass is 9.87. The smallest absolute Gasteiger partial charge is 0.261 e. The Morgan fingerprint density at radius 1 is 1.15 bits per heavy atom. The van der Waals surface area contributed by atoms with Gasteiger partial charge in [-0.05, 0) is 54.5 Å². The van der Waals surface area contributed by atoms with Crippen LogP contribution in [0.2, 0.25) is 0 Å². The third-order valence-electron chi connectivity index (χ3n) is 6.19. The summed E-state index contributed by atoms with van der Waals surface area (Å²) in [6.45, 7) is 9.74. The van der Waals surface area contributed by atoms with Crippen molar-refractivity contribution in [2.24, 2.45) is 5.92 Å². The zero-order valence-electron chi connectivity index (χ0n) is 21.1. The predicted molar refractivity (Wildman–Crippen MR) is 134 cm³/mol. The Hall–Kier alpha value is -2.86. The second kappa shape index (κ2) is 12.0. The van der Waals surface area contributed by atoms with Crippen molar-refractivity contribution in [3.63, 3.8) is 0 Å². The van der Waals surface area contributed by atoms with E-state index in [0.29, 0.717) is 44.2 Å². The van der Waals surface area contributed by atoms with Crippen molar-refractivity contribution < 1.29 is 19.1 Å². The first-order chi connectivity index (χ1) is 16.3. The lowest BCUT2D eigenvalue weighted by molar-refractivity contribution is -0.134. The number of hydrogen-bond donors (Lipinski definition) is 1. The van der Waals surface area contributed by atoms with Gasteiger partial charge in [-0.3, -0.25) is 9.59 Å². The van der Waals surface area contributed by atoms with Crippen LogP contribution in [-0.4, -0.2) is 49.6 Å². The van der Waals surface area contributed by atoms with E-state index in [-0.39, 0.29) is 17.9 Å². The summed E-state index contributed by atoms with van der Waals surface area (Å²) < 4.78 is 11.1. The Balaban J connectivity index is 1.92. The van der Waals surface area contributed by atoms with Crippen molar-refractivity contribution >= 4 is 11.8 Å². The molecule has 34 heavy (non-hydrogen) atoms. The van der Waals surface area contributed by atoms with Crippen molar-refractivity contribution in [2.75, 3.05) is 26.8 Å². The van der Waals surface area contributed by atoms with Gasteiger partial charge in [0.25, 0.3) is 5.91 Å². The Labute approximate surface area is 203 Å². The highest BCUT2D eigenvalue weighted by Gasteiger charge is 2.32. The first-order valence-corrected chi connectivity index (χ1v) is 12.3. The number of nitrogens with zero attached hydrogens (tertiary/aromatic N) is 1. The van der Waals surface area contributed by atoms with Gasteiger partial charge in [0.1, 0.15) is 5.75 Å². The Morgan fingerprint density at radius 2 is 1.88 bits per heavy atom. The number of aryl methyl sites for hydroxylation is 1. The van der Waals surface area contributed by atoms with Crippen LogP contribution < -0.4 is 10.1 Å². The van der Waals surface area contributed by atoms with E-state index >= 15 is 0 Å². The number of fused-ring (bicyclic) bond motifs is 1. The topological polar surface area (TPSA) is 67.9 Å². The molecule has 6 heteroatoms. The largest absolute Gasteiger partial charge is 0.481 e. The molecule has 0 saturated carbocycles. The molecule has 1 heterocycles. The minimum atomic E-state index is -0.588. The maximum Gasteiger partial charge on any atom is 0.261 e. The van der Waals surface area contributed by atoms with E-state index in [1.807, 2.05) is 24.0 Å². The summed E-state index contributed by atoms with van der Waals surface area (Å²) in [5.74, 6) is 0.953. The summed E-state index contributed by atoms with van der Waals surface area (Å²) in [5.41, 5.74) is 4.55. The number of carbonyl (C=O) groups excluding carboxylic acids is 2. The van der Waals surface area contributed by atoms with E-state index in [0.717, 1.165) is 17.5 Å². The SMILES string of the molecule is CC[C@H](Oc1ccc2c(c1)[C@H](c1ccc(C)cc1)N(C(=O)CC(C)C)CC2)C(=O)NCCOC. The third kappa shape index (κ3) is 6.38. The van der Waals surface area contributed by atoms with Gasteiger partial charge in [-0.25, -0.2) is 0 Å². The van der Waals surface area contributed by atoms with Crippen LogP contribution in [0.25, 0.3) is 0 Å². The first-order valence-electron chi connectivity index (χ1n) is 12.3. The second-order valence-electron chi connectivity index (χ2n) is 9.41. The zero-order valence-corrected chi connectivity index (χ0v) is 21.1. The van der Waals surface area contributed by atoms with Crippen LogP contribution >= 0.6 is 0 Å². The van der Waals surface area contributed by atoms with Crippen LogP contribution in [-0.2, 0) is 20.7 Å². The van der Waals surface area contributed by atoms with Gasteiger partial charge < -0.3 is 19.7 Å². The Bertz CT molecular complexity index is 971. The molecular weight excluding hydrogens is 428 g/mol. The molecule has 0 saturated heterocycles. The van der Waals surface area contributed by atoms with Gasteiger partial charge in [-0.2, -0.15) is 0 Å². The molecule has 184 valence electrons. The molecule has 0 radical (unpaired) electrons. The normalized spacial score (nSPS) is 16.2. The van der Waals surface area contributed by atoms with Gasteiger partial charge in [-0.15, -0.1) is 0 Å². The van der Waals surface area contributed by atoms with Crippen LogP contribution in [0.5, 0.6) is 5.75 Å². The summed E-state index contributed by atoms with van der Waals surface area (Å²) in [4.78, 5) is 27.8. The quantitative estimate of drug-likeness (QED) is 0.526. The van der Waals surface area contributed by atoms with Gasteiger partial charge in [-0.1, -0.05) is 56.7 Å². The second-order valence-corrected chi connectivity index (χ2v) is 9.41. The summed E-state index contributed by atoms with van der Waals surface area (Å²) in [5, 5.41) is 2.86. The van der Waals surface area contributed by atoms with Crippen LogP contribution in [0.15, 0.2) is 42.5 Å².